The lowest BCUT2D eigenvalue weighted by atomic mass is 9.93. The molecular formula is C29H22N2O4. The van der Waals surface area contributed by atoms with Crippen molar-refractivity contribution in [2.45, 2.75) is 13.0 Å². The molecule has 0 spiro atoms. The lowest BCUT2D eigenvalue weighted by molar-refractivity contribution is -0.132. The Bertz CT molecular complexity index is 1490. The van der Waals surface area contributed by atoms with Gasteiger partial charge in [-0.25, -0.2) is 0 Å². The van der Waals surface area contributed by atoms with Crippen molar-refractivity contribution in [1.29, 1.82) is 0 Å². The van der Waals surface area contributed by atoms with Gasteiger partial charge in [0.15, 0.2) is 0 Å². The Morgan fingerprint density at radius 2 is 1.49 bits per heavy atom. The minimum Gasteiger partial charge on any atom is -0.507 e. The second-order valence-electron chi connectivity index (χ2n) is 8.33. The second-order valence-corrected chi connectivity index (χ2v) is 8.33. The number of hydrogen-bond acceptors (Lipinski definition) is 4. The van der Waals surface area contributed by atoms with Crippen LogP contribution in [0.4, 0.5) is 11.4 Å². The maximum absolute atomic E-state index is 13.4. The summed E-state index contributed by atoms with van der Waals surface area (Å²) in [6, 6.07) is 28.1. The van der Waals surface area contributed by atoms with Gasteiger partial charge in [0.2, 0.25) is 5.91 Å². The number of carbonyl (C=O) groups is 3. The molecule has 1 unspecified atom stereocenters. The zero-order valence-electron chi connectivity index (χ0n) is 18.9. The highest BCUT2D eigenvalue weighted by Crippen LogP contribution is 2.43. The molecule has 6 heteroatoms. The van der Waals surface area contributed by atoms with Crippen LogP contribution in [-0.4, -0.2) is 22.7 Å². The number of aliphatic hydroxyl groups is 1. The average Bonchev–Trinajstić information content (AvgIpc) is 3.14. The molecule has 5 rings (SSSR count). The molecule has 1 saturated heterocycles. The maximum Gasteiger partial charge on any atom is 0.300 e. The summed E-state index contributed by atoms with van der Waals surface area (Å²) < 4.78 is 0. The molecule has 1 fully saturated rings. The number of hydrogen-bond donors (Lipinski definition) is 2. The van der Waals surface area contributed by atoms with Gasteiger partial charge < -0.3 is 10.4 Å². The average molecular weight is 463 g/mol. The van der Waals surface area contributed by atoms with Crippen LogP contribution >= 0.6 is 0 Å². The first-order valence-electron chi connectivity index (χ1n) is 11.2. The predicted molar refractivity (Wildman–Crippen MR) is 136 cm³/mol. The molecule has 35 heavy (non-hydrogen) atoms. The first-order chi connectivity index (χ1) is 17.0. The zero-order chi connectivity index (χ0) is 24.5. The topological polar surface area (TPSA) is 86.7 Å². The van der Waals surface area contributed by atoms with Gasteiger partial charge in [-0.1, -0.05) is 72.8 Å². The molecule has 1 aliphatic rings. The summed E-state index contributed by atoms with van der Waals surface area (Å²) in [6.45, 7) is 1.41. The summed E-state index contributed by atoms with van der Waals surface area (Å²) >= 11 is 0. The number of fused-ring (bicyclic) bond motifs is 1. The van der Waals surface area contributed by atoms with E-state index >= 15 is 0 Å². The van der Waals surface area contributed by atoms with Crippen LogP contribution in [0.25, 0.3) is 16.5 Å². The standard InChI is InChI=1S/C29H22N2O4/c1-18(32)30-21-14-16-22(17-15-21)31-26(20-9-3-2-4-10-20)25(28(34)29(31)35)27(33)24-13-7-11-19-8-5-6-12-23(19)24/h2-17,26,33H,1H3,(H,30,32)/b27-25-. The monoisotopic (exact) mass is 462 g/mol. The van der Waals surface area contributed by atoms with Crippen LogP contribution in [0.2, 0.25) is 0 Å². The number of nitrogens with zero attached hydrogens (tertiary/aromatic N) is 1. The molecule has 1 atom stereocenters. The van der Waals surface area contributed by atoms with Gasteiger partial charge in [0, 0.05) is 23.9 Å². The number of amides is 2. The van der Waals surface area contributed by atoms with E-state index in [1.165, 1.54) is 11.8 Å². The Labute approximate surface area is 202 Å². The molecule has 4 aromatic rings. The fraction of sp³-hybridized carbons (Fsp3) is 0.0690. The molecule has 172 valence electrons. The Kier molecular flexibility index (Phi) is 5.63. The van der Waals surface area contributed by atoms with Crippen molar-refractivity contribution >= 4 is 45.5 Å². The SMILES string of the molecule is CC(=O)Nc1ccc(N2C(=O)C(=O)/C(=C(\O)c3cccc4ccccc34)C2c2ccccc2)cc1. The first kappa shape index (κ1) is 22.1. The Hall–Kier alpha value is -4.71. The first-order valence-corrected chi connectivity index (χ1v) is 11.2. The Balaban J connectivity index is 1.70. The molecule has 2 amide bonds. The quantitative estimate of drug-likeness (QED) is 0.241. The number of nitrogens with one attached hydrogen (secondary N) is 1. The predicted octanol–water partition coefficient (Wildman–Crippen LogP) is 5.42. The van der Waals surface area contributed by atoms with E-state index in [2.05, 4.69) is 5.32 Å². The van der Waals surface area contributed by atoms with Crippen molar-refractivity contribution in [2.24, 2.45) is 0 Å². The third-order valence-corrected chi connectivity index (χ3v) is 6.07. The van der Waals surface area contributed by atoms with E-state index in [1.807, 2.05) is 66.7 Å². The third-order valence-electron chi connectivity index (χ3n) is 6.07. The summed E-state index contributed by atoms with van der Waals surface area (Å²) in [6.07, 6.45) is 0. The molecule has 1 heterocycles. The summed E-state index contributed by atoms with van der Waals surface area (Å²) in [5.41, 5.74) is 2.27. The van der Waals surface area contributed by atoms with Crippen LogP contribution in [0.1, 0.15) is 24.1 Å². The summed E-state index contributed by atoms with van der Waals surface area (Å²) in [7, 11) is 0. The number of aliphatic hydroxyl groups excluding tert-OH is 1. The molecular weight excluding hydrogens is 440 g/mol. The van der Waals surface area contributed by atoms with Gasteiger partial charge in [-0.15, -0.1) is 0 Å². The molecule has 4 aromatic carbocycles. The maximum atomic E-state index is 13.4. The van der Waals surface area contributed by atoms with E-state index in [-0.39, 0.29) is 17.2 Å². The van der Waals surface area contributed by atoms with Crippen LogP contribution in [0.5, 0.6) is 0 Å². The number of ketones is 1. The lowest BCUT2D eigenvalue weighted by Gasteiger charge is -2.25. The van der Waals surface area contributed by atoms with Gasteiger partial charge >= 0.3 is 0 Å². The van der Waals surface area contributed by atoms with Crippen LogP contribution in [0.15, 0.2) is 103 Å². The van der Waals surface area contributed by atoms with Crippen molar-refractivity contribution < 1.29 is 19.5 Å². The number of anilines is 2. The number of carbonyl (C=O) groups excluding carboxylic acids is 3. The lowest BCUT2D eigenvalue weighted by Crippen LogP contribution is -2.29. The van der Waals surface area contributed by atoms with Crippen LogP contribution in [0.3, 0.4) is 0 Å². The zero-order valence-corrected chi connectivity index (χ0v) is 18.9. The smallest absolute Gasteiger partial charge is 0.300 e. The Morgan fingerprint density at radius 1 is 0.829 bits per heavy atom. The number of rotatable bonds is 4. The van der Waals surface area contributed by atoms with E-state index in [0.717, 1.165) is 10.8 Å². The van der Waals surface area contributed by atoms with Gasteiger partial charge in [0.1, 0.15) is 5.76 Å². The van der Waals surface area contributed by atoms with E-state index in [1.54, 1.807) is 30.3 Å². The molecule has 1 aliphatic heterocycles. The summed E-state index contributed by atoms with van der Waals surface area (Å²) in [5, 5.41) is 15.9. The Morgan fingerprint density at radius 3 is 2.20 bits per heavy atom. The minimum atomic E-state index is -0.818. The van der Waals surface area contributed by atoms with Crippen molar-refractivity contribution in [3.05, 3.63) is 114 Å². The van der Waals surface area contributed by atoms with E-state index in [4.69, 9.17) is 0 Å². The minimum absolute atomic E-state index is 0.0310. The van der Waals surface area contributed by atoms with Crippen molar-refractivity contribution in [2.75, 3.05) is 10.2 Å². The highest BCUT2D eigenvalue weighted by Gasteiger charge is 2.47. The fourth-order valence-corrected chi connectivity index (χ4v) is 4.54. The molecule has 0 aromatic heterocycles. The largest absolute Gasteiger partial charge is 0.507 e. The van der Waals surface area contributed by atoms with Gasteiger partial charge in [0.25, 0.3) is 11.7 Å². The van der Waals surface area contributed by atoms with E-state index < -0.39 is 17.7 Å². The van der Waals surface area contributed by atoms with Crippen LogP contribution < -0.4 is 10.2 Å². The molecule has 6 nitrogen and oxygen atoms in total. The van der Waals surface area contributed by atoms with Crippen LogP contribution in [0, 0.1) is 0 Å². The van der Waals surface area contributed by atoms with E-state index in [0.29, 0.717) is 22.5 Å². The third kappa shape index (κ3) is 3.95. The molecule has 0 radical (unpaired) electrons. The summed E-state index contributed by atoms with van der Waals surface area (Å²) in [5.74, 6) is -1.91. The van der Waals surface area contributed by atoms with E-state index in [9.17, 15) is 19.5 Å². The highest BCUT2D eigenvalue weighted by molar-refractivity contribution is 6.51. The van der Waals surface area contributed by atoms with Crippen molar-refractivity contribution in [3.8, 4) is 0 Å². The molecule has 0 aliphatic carbocycles. The van der Waals surface area contributed by atoms with Gasteiger partial charge in [-0.05, 0) is 40.6 Å². The highest BCUT2D eigenvalue weighted by atomic mass is 16.3. The van der Waals surface area contributed by atoms with Crippen LogP contribution in [-0.2, 0) is 14.4 Å². The van der Waals surface area contributed by atoms with Gasteiger partial charge in [-0.3, -0.25) is 19.3 Å². The van der Waals surface area contributed by atoms with Crippen molar-refractivity contribution in [1.82, 2.24) is 0 Å². The molecule has 2 N–H and O–H groups in total. The van der Waals surface area contributed by atoms with Gasteiger partial charge in [-0.2, -0.15) is 0 Å². The number of benzene rings is 4. The normalized spacial score (nSPS) is 17.1. The second kappa shape index (κ2) is 8.91. The van der Waals surface area contributed by atoms with Crippen molar-refractivity contribution in [3.63, 3.8) is 0 Å². The molecule has 0 saturated carbocycles. The fourth-order valence-electron chi connectivity index (χ4n) is 4.54. The summed E-state index contributed by atoms with van der Waals surface area (Å²) in [4.78, 5) is 39.5. The molecule has 0 bridgehead atoms. The van der Waals surface area contributed by atoms with Gasteiger partial charge in [0.05, 0.1) is 11.6 Å². The number of Topliss-reactive ketones (excluding diaryl/α,β-unsaturated/α-hetero) is 1.